The molecule has 256 valence electrons. The molecular weight excluding hydrogens is 690 g/mol. The van der Waals surface area contributed by atoms with Gasteiger partial charge in [0.1, 0.15) is 17.1 Å². The molecule has 3 aliphatic rings. The second kappa shape index (κ2) is 12.4. The zero-order chi connectivity index (χ0) is 34.8. The topological polar surface area (TPSA) is 132 Å². The molecule has 0 saturated carbocycles. The van der Waals surface area contributed by atoms with Gasteiger partial charge in [-0.3, -0.25) is 4.79 Å². The zero-order valence-electron chi connectivity index (χ0n) is 26.8. The van der Waals surface area contributed by atoms with Gasteiger partial charge in [-0.2, -0.15) is 9.90 Å². The summed E-state index contributed by atoms with van der Waals surface area (Å²) in [7, 11) is 3.18. The van der Waals surface area contributed by atoms with Crippen LogP contribution in [0.4, 0.5) is 10.1 Å². The third-order valence-corrected chi connectivity index (χ3v) is 10.1. The number of amides is 1. The first kappa shape index (κ1) is 32.2. The second-order valence-corrected chi connectivity index (χ2v) is 13.3. The van der Waals surface area contributed by atoms with E-state index in [4.69, 9.17) is 37.4 Å². The lowest BCUT2D eigenvalue weighted by Gasteiger charge is -2.37. The number of carboxylic acid groups (broad SMARTS) is 1. The van der Waals surface area contributed by atoms with E-state index in [0.717, 1.165) is 18.9 Å². The Hall–Kier alpha value is -4.98. The molecule has 8 rings (SSSR count). The highest BCUT2D eigenvalue weighted by molar-refractivity contribution is 6.40. The lowest BCUT2D eigenvalue weighted by atomic mass is 9.96. The largest absolute Gasteiger partial charge is 0.479 e. The Bertz CT molecular complexity index is 2190. The molecule has 1 amide bonds. The molecule has 2 aromatic heterocycles. The molecular formula is C35H29Cl2FN6O6. The van der Waals surface area contributed by atoms with Gasteiger partial charge in [-0.25, -0.2) is 14.2 Å². The van der Waals surface area contributed by atoms with Crippen LogP contribution in [0.2, 0.25) is 10.0 Å². The molecule has 2 bridgehead atoms. The maximum absolute atomic E-state index is 15.7. The molecule has 2 saturated heterocycles. The zero-order valence-corrected chi connectivity index (χ0v) is 28.3. The average Bonchev–Trinajstić information content (AvgIpc) is 3.61. The second-order valence-electron chi connectivity index (χ2n) is 12.4. The van der Waals surface area contributed by atoms with Gasteiger partial charge in [0.05, 0.1) is 65.8 Å². The van der Waals surface area contributed by atoms with Crippen LogP contribution in [0.5, 0.6) is 11.6 Å². The number of morpholine rings is 1. The number of fused-ring (bicyclic) bond motifs is 4. The quantitative estimate of drug-likeness (QED) is 0.216. The van der Waals surface area contributed by atoms with Gasteiger partial charge in [0.25, 0.3) is 5.91 Å². The van der Waals surface area contributed by atoms with E-state index in [1.165, 1.54) is 16.8 Å². The molecule has 2 unspecified atom stereocenters. The number of nitrogens with zero attached hydrogens (tertiary/aromatic N) is 6. The third kappa shape index (κ3) is 5.27. The van der Waals surface area contributed by atoms with Gasteiger partial charge in [0.15, 0.2) is 12.2 Å². The molecule has 12 nitrogen and oxygen atoms in total. The average molecular weight is 720 g/mol. The molecule has 3 aromatic carbocycles. The van der Waals surface area contributed by atoms with E-state index in [2.05, 4.69) is 20.1 Å². The predicted octanol–water partition coefficient (Wildman–Crippen LogP) is 6.21. The minimum atomic E-state index is -1.20. The van der Waals surface area contributed by atoms with Crippen molar-refractivity contribution in [1.29, 1.82) is 0 Å². The minimum absolute atomic E-state index is 0.0132. The van der Waals surface area contributed by atoms with E-state index in [1.807, 2.05) is 0 Å². The van der Waals surface area contributed by atoms with E-state index < -0.39 is 17.7 Å². The number of halogens is 3. The summed E-state index contributed by atoms with van der Waals surface area (Å²) >= 11 is 13.4. The summed E-state index contributed by atoms with van der Waals surface area (Å²) in [6.07, 6.45) is 3.31. The number of ether oxygens (including phenoxy) is 3. The van der Waals surface area contributed by atoms with Crippen LogP contribution in [0.1, 0.15) is 39.1 Å². The summed E-state index contributed by atoms with van der Waals surface area (Å²) < 4.78 is 32.9. The maximum Gasteiger partial charge on any atom is 0.337 e. The van der Waals surface area contributed by atoms with Gasteiger partial charge in [-0.1, -0.05) is 41.4 Å². The molecule has 2 fully saturated rings. The fourth-order valence-corrected chi connectivity index (χ4v) is 7.87. The van der Waals surface area contributed by atoms with E-state index in [-0.39, 0.29) is 52.1 Å². The van der Waals surface area contributed by atoms with Crippen LogP contribution in [-0.4, -0.2) is 81.0 Å². The highest BCUT2D eigenvalue weighted by atomic mass is 35.5. The minimum Gasteiger partial charge on any atom is -0.479 e. The number of para-hydroxylation sites is 1. The van der Waals surface area contributed by atoms with Crippen molar-refractivity contribution >= 4 is 51.8 Å². The molecule has 5 aromatic rings. The van der Waals surface area contributed by atoms with E-state index >= 15 is 4.39 Å². The molecule has 15 heteroatoms. The van der Waals surface area contributed by atoms with E-state index in [9.17, 15) is 14.7 Å². The number of pyridine rings is 1. The highest BCUT2D eigenvalue weighted by Gasteiger charge is 2.40. The Morgan fingerprint density at radius 2 is 1.72 bits per heavy atom. The van der Waals surface area contributed by atoms with Gasteiger partial charge in [0, 0.05) is 35.5 Å². The van der Waals surface area contributed by atoms with Crippen molar-refractivity contribution in [2.24, 2.45) is 7.05 Å². The van der Waals surface area contributed by atoms with Crippen molar-refractivity contribution in [2.75, 3.05) is 32.0 Å². The number of aromatic nitrogens is 4. The molecule has 2 atom stereocenters. The Labute approximate surface area is 294 Å². The summed E-state index contributed by atoms with van der Waals surface area (Å²) in [6, 6.07) is 11.2. The van der Waals surface area contributed by atoms with Crippen molar-refractivity contribution in [3.8, 4) is 33.9 Å². The predicted molar refractivity (Wildman–Crippen MR) is 183 cm³/mol. The smallest absolute Gasteiger partial charge is 0.337 e. The van der Waals surface area contributed by atoms with Crippen LogP contribution in [0, 0.1) is 5.82 Å². The van der Waals surface area contributed by atoms with Gasteiger partial charge in [0.2, 0.25) is 5.88 Å². The third-order valence-electron chi connectivity index (χ3n) is 9.48. The van der Waals surface area contributed by atoms with Crippen LogP contribution in [0.3, 0.4) is 0 Å². The molecule has 0 radical (unpaired) electrons. The van der Waals surface area contributed by atoms with Crippen LogP contribution in [0.15, 0.2) is 48.7 Å². The number of aromatic carboxylic acids is 1. The number of carboxylic acids is 1. The molecule has 0 spiro atoms. The van der Waals surface area contributed by atoms with Crippen LogP contribution >= 0.6 is 23.2 Å². The van der Waals surface area contributed by atoms with Gasteiger partial charge < -0.3 is 29.1 Å². The summed E-state index contributed by atoms with van der Waals surface area (Å²) in [6.45, 7) is 0.942. The van der Waals surface area contributed by atoms with Crippen molar-refractivity contribution < 1.29 is 33.3 Å². The Morgan fingerprint density at radius 1 is 1.00 bits per heavy atom. The number of methoxy groups -OCH3 is 1. The van der Waals surface area contributed by atoms with Crippen LogP contribution < -0.4 is 14.4 Å². The summed E-state index contributed by atoms with van der Waals surface area (Å²) in [4.78, 5) is 35.4. The number of hydrogen-bond donors (Lipinski definition) is 1. The highest BCUT2D eigenvalue weighted by Crippen LogP contribution is 2.44. The molecule has 1 N–H and O–H groups in total. The molecule has 50 heavy (non-hydrogen) atoms. The van der Waals surface area contributed by atoms with E-state index in [1.54, 1.807) is 49.6 Å². The summed E-state index contributed by atoms with van der Waals surface area (Å²) in [5.74, 6) is -1.63. The number of carbonyl (C=O) groups excluding carboxylic acids is 1. The Morgan fingerprint density at radius 3 is 2.42 bits per heavy atom. The summed E-state index contributed by atoms with van der Waals surface area (Å²) in [5, 5.41) is 19.0. The lowest BCUT2D eigenvalue weighted by Crippen LogP contribution is -2.46. The standard InChI is InChI=1S/C35H29Cl2FN6O6/c1-42-40-30-24(12-39-33(48-2)31(30)41-42)18-8-25(36)29(26(37)9-18)34(45)43-13-17-4-3-5-21(32(17)50-16-43)22-11-28(23(35(46)47)10-27(22)38)44-19-6-7-20(44)15-49-14-19/h3-5,8-12,19-20H,6-7,13-16H2,1-2H3,(H,46,47). The SMILES string of the molecule is COc1ncc(-c2cc(Cl)c(C(=O)N3COc4c(cccc4-c4cc(N5C6CCC5COC6)c(C(=O)O)cc4F)C3)c(Cl)c2)c2nn(C)nc12. The number of anilines is 1. The van der Waals surface area contributed by atoms with Gasteiger partial charge in [-0.05, 0) is 42.7 Å². The number of rotatable bonds is 6. The first-order valence-electron chi connectivity index (χ1n) is 15.8. The maximum atomic E-state index is 15.7. The number of hydrogen-bond acceptors (Lipinski definition) is 9. The molecule has 0 aliphatic carbocycles. The number of aryl methyl sites for hydroxylation is 1. The first-order chi connectivity index (χ1) is 24.1. The van der Waals surface area contributed by atoms with Crippen molar-refractivity contribution in [2.45, 2.75) is 31.5 Å². The normalized spacial score (nSPS) is 18.3. The monoisotopic (exact) mass is 718 g/mol. The van der Waals surface area contributed by atoms with Gasteiger partial charge >= 0.3 is 5.97 Å². The Kier molecular flexibility index (Phi) is 8.00. The fraction of sp³-hybridized carbons (Fsp3) is 0.286. The van der Waals surface area contributed by atoms with Crippen LogP contribution in [0.25, 0.3) is 33.3 Å². The van der Waals surface area contributed by atoms with Crippen molar-refractivity contribution in [1.82, 2.24) is 24.9 Å². The summed E-state index contributed by atoms with van der Waals surface area (Å²) in [5.41, 5.74) is 3.92. The lowest BCUT2D eigenvalue weighted by molar-refractivity contribution is 0.0516. The number of benzene rings is 3. The van der Waals surface area contributed by atoms with Gasteiger partial charge in [-0.15, -0.1) is 5.10 Å². The molecule has 3 aliphatic heterocycles. The van der Waals surface area contributed by atoms with E-state index in [0.29, 0.717) is 63.8 Å². The first-order valence-corrected chi connectivity index (χ1v) is 16.6. The number of carbonyl (C=O) groups is 2. The fourth-order valence-electron chi connectivity index (χ4n) is 7.22. The molecule has 5 heterocycles. The van der Waals surface area contributed by atoms with Crippen molar-refractivity contribution in [3.63, 3.8) is 0 Å². The Balaban J connectivity index is 1.10. The van der Waals surface area contributed by atoms with Crippen molar-refractivity contribution in [3.05, 3.63) is 81.2 Å². The van der Waals surface area contributed by atoms with Crippen LogP contribution in [-0.2, 0) is 18.3 Å².